The zero-order chi connectivity index (χ0) is 21.5. The molecule has 0 saturated heterocycles. The van der Waals surface area contributed by atoms with Gasteiger partial charge in [-0.15, -0.1) is 0 Å². The Labute approximate surface area is 168 Å². The average molecular weight is 413 g/mol. The molecule has 0 unspecified atom stereocenters. The molecule has 1 aromatic carbocycles. The summed E-state index contributed by atoms with van der Waals surface area (Å²) >= 11 is 0. The quantitative estimate of drug-likeness (QED) is 0.416. The first-order chi connectivity index (χ1) is 12.8. The van der Waals surface area contributed by atoms with Gasteiger partial charge in [-0.25, -0.2) is 9.18 Å². The van der Waals surface area contributed by atoms with E-state index in [1.54, 1.807) is 20.8 Å². The Morgan fingerprint density at radius 2 is 1.89 bits per heavy atom. The van der Waals surface area contributed by atoms with Crippen molar-refractivity contribution in [2.75, 3.05) is 44.4 Å². The van der Waals surface area contributed by atoms with Crippen molar-refractivity contribution in [1.82, 2.24) is 0 Å². The monoisotopic (exact) mass is 412 g/mol. The molecular formula is C20H29FN2O4S. The Morgan fingerprint density at radius 3 is 2.43 bits per heavy atom. The molecule has 1 amide bonds. The van der Waals surface area contributed by atoms with E-state index in [0.717, 1.165) is 6.07 Å². The highest BCUT2D eigenvalue weighted by Crippen LogP contribution is 2.32. The Kier molecular flexibility index (Phi) is 8.33. The zero-order valence-electron chi connectivity index (χ0n) is 17.5. The first kappa shape index (κ1) is 23.8. The van der Waals surface area contributed by atoms with Crippen LogP contribution in [0.15, 0.2) is 12.1 Å². The Morgan fingerprint density at radius 1 is 1.25 bits per heavy atom. The molecular weight excluding hydrogens is 383 g/mol. The molecule has 0 atom stereocenters. The molecule has 0 aromatic heterocycles. The van der Waals surface area contributed by atoms with Crippen LogP contribution in [0.5, 0.6) is 5.75 Å². The molecule has 1 aromatic rings. The van der Waals surface area contributed by atoms with Crippen LogP contribution in [0.3, 0.4) is 0 Å². The molecule has 0 saturated carbocycles. The van der Waals surface area contributed by atoms with Gasteiger partial charge in [0, 0.05) is 18.7 Å². The standard InChI is InChI=1S/C20H29FN2O4S/c1-20(2,3)27-19(24)23-17-13-18(26-10-9-25-4)15(21)12-14(17)16(22)8-11-28(5,6)7/h12-13,22H,9-10H2,1-7H3,(H,23,24). The van der Waals surface area contributed by atoms with Gasteiger partial charge in [0.2, 0.25) is 0 Å². The maximum absolute atomic E-state index is 14.5. The van der Waals surface area contributed by atoms with E-state index in [1.807, 2.05) is 18.8 Å². The predicted molar refractivity (Wildman–Crippen MR) is 114 cm³/mol. The number of rotatable bonds is 6. The Hall–Kier alpha value is -2.24. The molecule has 0 heterocycles. The number of nitrogens with one attached hydrogen (secondary N) is 2. The number of hydrogen-bond donors (Lipinski definition) is 2. The smallest absolute Gasteiger partial charge is 0.412 e. The molecule has 2 N–H and O–H groups in total. The van der Waals surface area contributed by atoms with Gasteiger partial charge in [-0.05, 0) is 56.8 Å². The summed E-state index contributed by atoms with van der Waals surface area (Å²) < 4.78 is 29.9. The van der Waals surface area contributed by atoms with Gasteiger partial charge in [-0.3, -0.25) is 10.7 Å². The number of hydrogen-bond acceptors (Lipinski definition) is 5. The molecule has 0 aliphatic heterocycles. The van der Waals surface area contributed by atoms with Crippen molar-refractivity contribution >= 4 is 27.5 Å². The third kappa shape index (κ3) is 8.63. The molecule has 0 fully saturated rings. The summed E-state index contributed by atoms with van der Waals surface area (Å²) in [6.45, 7) is 5.63. The Bertz CT molecular complexity index is 786. The maximum atomic E-state index is 14.5. The summed E-state index contributed by atoms with van der Waals surface area (Å²) in [7, 11) is 0.343. The lowest BCUT2D eigenvalue weighted by molar-refractivity contribution is 0.0636. The lowest BCUT2D eigenvalue weighted by Gasteiger charge is -2.21. The molecule has 156 valence electrons. The van der Waals surface area contributed by atoms with Crippen LogP contribution in [0.25, 0.3) is 0 Å². The summed E-state index contributed by atoms with van der Waals surface area (Å²) in [6, 6.07) is 2.45. The zero-order valence-corrected chi connectivity index (χ0v) is 18.3. The second-order valence-electron chi connectivity index (χ2n) is 7.74. The third-order valence-corrected chi connectivity index (χ3v) is 3.72. The van der Waals surface area contributed by atoms with Crippen molar-refractivity contribution in [1.29, 1.82) is 5.41 Å². The first-order valence-corrected chi connectivity index (χ1v) is 11.4. The molecule has 0 radical (unpaired) electrons. The molecule has 0 spiro atoms. The van der Waals surface area contributed by atoms with Crippen molar-refractivity contribution in [3.63, 3.8) is 0 Å². The van der Waals surface area contributed by atoms with Gasteiger partial charge in [0.25, 0.3) is 0 Å². The summed E-state index contributed by atoms with van der Waals surface area (Å²) in [6.07, 6.45) is 5.24. The number of carbonyl (C=O) groups is 1. The summed E-state index contributed by atoms with van der Waals surface area (Å²) in [4.78, 5) is 12.2. The topological polar surface area (TPSA) is 80.6 Å². The van der Waals surface area contributed by atoms with E-state index in [-0.39, 0.29) is 35.9 Å². The van der Waals surface area contributed by atoms with Crippen molar-refractivity contribution in [2.24, 2.45) is 0 Å². The molecule has 8 heteroatoms. The van der Waals surface area contributed by atoms with Crippen molar-refractivity contribution < 1.29 is 23.4 Å². The predicted octanol–water partition coefficient (Wildman–Crippen LogP) is 4.22. The number of carbonyl (C=O) groups excluding carboxylic acids is 1. The van der Waals surface area contributed by atoms with Gasteiger partial charge >= 0.3 is 6.09 Å². The van der Waals surface area contributed by atoms with Crippen LogP contribution in [0.4, 0.5) is 14.9 Å². The lowest BCUT2D eigenvalue weighted by Crippen LogP contribution is -2.27. The second kappa shape index (κ2) is 9.80. The van der Waals surface area contributed by atoms with Gasteiger partial charge in [-0.1, -0.05) is 0 Å². The maximum Gasteiger partial charge on any atom is 0.412 e. The number of methoxy groups -OCH3 is 1. The molecule has 1 rings (SSSR count). The second-order valence-corrected chi connectivity index (χ2v) is 11.6. The third-order valence-electron chi connectivity index (χ3n) is 3.00. The van der Waals surface area contributed by atoms with Gasteiger partial charge in [0.05, 0.1) is 12.3 Å². The fourth-order valence-corrected chi connectivity index (χ4v) is 2.30. The molecule has 0 bridgehead atoms. The van der Waals surface area contributed by atoms with Crippen LogP contribution >= 0.6 is 10.0 Å². The van der Waals surface area contributed by atoms with E-state index in [2.05, 4.69) is 16.5 Å². The molecule has 0 aliphatic rings. The average Bonchev–Trinajstić information content (AvgIpc) is 2.52. The number of halogens is 1. The van der Waals surface area contributed by atoms with Crippen LogP contribution in [0, 0.1) is 22.4 Å². The minimum Gasteiger partial charge on any atom is -0.488 e. The number of ether oxygens (including phenoxy) is 3. The fraction of sp³-hybridized carbons (Fsp3) is 0.500. The van der Waals surface area contributed by atoms with E-state index >= 15 is 0 Å². The SMILES string of the molecule is COCCOc1cc(NC(=O)OC(C)(C)C)c(C(=N)C#CS(C)(C)C)cc1F. The van der Waals surface area contributed by atoms with Gasteiger partial charge < -0.3 is 14.2 Å². The van der Waals surface area contributed by atoms with E-state index in [0.29, 0.717) is 0 Å². The van der Waals surface area contributed by atoms with Crippen molar-refractivity contribution in [2.45, 2.75) is 26.4 Å². The van der Waals surface area contributed by atoms with Gasteiger partial charge in [-0.2, -0.15) is 10.0 Å². The van der Waals surface area contributed by atoms with Crippen LogP contribution in [-0.4, -0.2) is 56.5 Å². The molecule has 6 nitrogen and oxygen atoms in total. The van der Waals surface area contributed by atoms with E-state index in [9.17, 15) is 9.18 Å². The van der Waals surface area contributed by atoms with E-state index < -0.39 is 27.5 Å². The number of benzene rings is 1. The van der Waals surface area contributed by atoms with E-state index in [4.69, 9.17) is 19.6 Å². The summed E-state index contributed by atoms with van der Waals surface area (Å²) in [5.41, 5.74) is -0.467. The summed E-state index contributed by atoms with van der Waals surface area (Å²) in [5, 5.41) is 13.8. The summed E-state index contributed by atoms with van der Waals surface area (Å²) in [5.74, 6) is 2.03. The highest BCUT2D eigenvalue weighted by atomic mass is 32.3. The first-order valence-electron chi connectivity index (χ1n) is 8.57. The lowest BCUT2D eigenvalue weighted by atomic mass is 10.1. The van der Waals surface area contributed by atoms with Crippen molar-refractivity contribution in [3.05, 3.63) is 23.5 Å². The molecule has 0 aliphatic carbocycles. The van der Waals surface area contributed by atoms with Gasteiger partial charge in [0.15, 0.2) is 11.6 Å². The fourth-order valence-electron chi connectivity index (χ4n) is 1.89. The minimum atomic E-state index is -1.17. The molecule has 28 heavy (non-hydrogen) atoms. The highest BCUT2D eigenvalue weighted by Gasteiger charge is 2.20. The normalized spacial score (nSPS) is 11.9. The van der Waals surface area contributed by atoms with Crippen LogP contribution in [0.1, 0.15) is 26.3 Å². The number of anilines is 1. The number of amides is 1. The van der Waals surface area contributed by atoms with Crippen LogP contribution in [0.2, 0.25) is 0 Å². The highest BCUT2D eigenvalue weighted by molar-refractivity contribution is 8.36. The van der Waals surface area contributed by atoms with Crippen molar-refractivity contribution in [3.8, 4) is 16.9 Å². The van der Waals surface area contributed by atoms with Crippen LogP contribution in [-0.2, 0) is 9.47 Å². The van der Waals surface area contributed by atoms with Crippen LogP contribution < -0.4 is 10.1 Å². The Balaban J connectivity index is 3.27. The van der Waals surface area contributed by atoms with E-state index in [1.165, 1.54) is 13.2 Å². The largest absolute Gasteiger partial charge is 0.488 e. The minimum absolute atomic E-state index is 0.0611. The van der Waals surface area contributed by atoms with Gasteiger partial charge in [0.1, 0.15) is 17.9 Å².